The molecule has 1 unspecified atom stereocenters. The number of ether oxygens (including phenoxy) is 3. The first-order valence-corrected chi connectivity index (χ1v) is 11.8. The first-order valence-electron chi connectivity index (χ1n) is 11.8. The van der Waals surface area contributed by atoms with Gasteiger partial charge in [0, 0.05) is 16.7 Å². The minimum absolute atomic E-state index is 0.162. The number of hydrogen-bond donors (Lipinski definition) is 1. The maximum atomic E-state index is 11.2. The summed E-state index contributed by atoms with van der Waals surface area (Å²) in [6, 6.07) is 0. The second kappa shape index (κ2) is 7.33. The summed E-state index contributed by atoms with van der Waals surface area (Å²) in [5, 5.41) is 11.2. The average Bonchev–Trinajstić information content (AvgIpc) is 2.71. The van der Waals surface area contributed by atoms with E-state index in [0.29, 0.717) is 11.7 Å². The Hall–Kier alpha value is -2.36. The van der Waals surface area contributed by atoms with Crippen LogP contribution in [0.4, 0.5) is 0 Å². The van der Waals surface area contributed by atoms with Crippen LogP contribution in [-0.2, 0) is 12.8 Å². The standard InChI is InChI=1S/C28H38O4/c1-14-13-21-25(32-28(14,9)10)16(3)15(2)22(29)26(21)30-23-17(4)18(5)24-20(19(23)6)11-12-27(7,8)31-24/h14,29H,11-13H2,1-10H3. The molecule has 0 saturated heterocycles. The summed E-state index contributed by atoms with van der Waals surface area (Å²) in [5.41, 5.74) is 6.78. The Morgan fingerprint density at radius 3 is 2.03 bits per heavy atom. The van der Waals surface area contributed by atoms with E-state index in [9.17, 15) is 5.11 Å². The normalized spacial score (nSPS) is 20.6. The smallest absolute Gasteiger partial charge is 0.176 e. The van der Waals surface area contributed by atoms with Gasteiger partial charge in [0.1, 0.15) is 28.5 Å². The fourth-order valence-electron chi connectivity index (χ4n) is 4.94. The topological polar surface area (TPSA) is 47.9 Å². The molecule has 0 aromatic heterocycles. The van der Waals surface area contributed by atoms with Gasteiger partial charge in [-0.15, -0.1) is 0 Å². The number of phenols is 1. The minimum atomic E-state index is -0.267. The summed E-state index contributed by atoms with van der Waals surface area (Å²) in [6.07, 6.45) is 2.72. The number of fused-ring (bicyclic) bond motifs is 2. The predicted molar refractivity (Wildman–Crippen MR) is 129 cm³/mol. The Morgan fingerprint density at radius 1 is 0.781 bits per heavy atom. The van der Waals surface area contributed by atoms with Crippen molar-refractivity contribution in [2.75, 3.05) is 0 Å². The molecule has 32 heavy (non-hydrogen) atoms. The van der Waals surface area contributed by atoms with Gasteiger partial charge in [-0.25, -0.2) is 0 Å². The molecule has 174 valence electrons. The molecule has 4 nitrogen and oxygen atoms in total. The average molecular weight is 439 g/mol. The van der Waals surface area contributed by atoms with Crippen LogP contribution in [0, 0.1) is 40.5 Å². The molecule has 4 rings (SSSR count). The first-order chi connectivity index (χ1) is 14.7. The van der Waals surface area contributed by atoms with Gasteiger partial charge in [-0.2, -0.15) is 0 Å². The second-order valence-corrected chi connectivity index (χ2v) is 11.0. The zero-order chi connectivity index (χ0) is 23.7. The van der Waals surface area contributed by atoms with E-state index < -0.39 is 0 Å². The fourth-order valence-corrected chi connectivity index (χ4v) is 4.94. The molecule has 1 atom stereocenters. The highest BCUT2D eigenvalue weighted by Gasteiger charge is 2.38. The Balaban J connectivity index is 1.88. The third-order valence-corrected chi connectivity index (χ3v) is 7.95. The van der Waals surface area contributed by atoms with Crippen LogP contribution >= 0.6 is 0 Å². The lowest BCUT2D eigenvalue weighted by atomic mass is 9.82. The number of rotatable bonds is 2. The van der Waals surface area contributed by atoms with Crippen LogP contribution < -0.4 is 14.2 Å². The van der Waals surface area contributed by atoms with Gasteiger partial charge in [0.2, 0.25) is 0 Å². The Morgan fingerprint density at radius 2 is 1.38 bits per heavy atom. The third-order valence-electron chi connectivity index (χ3n) is 7.95. The van der Waals surface area contributed by atoms with Crippen molar-refractivity contribution in [1.29, 1.82) is 0 Å². The van der Waals surface area contributed by atoms with E-state index in [1.54, 1.807) is 0 Å². The lowest BCUT2D eigenvalue weighted by Crippen LogP contribution is -2.41. The zero-order valence-corrected chi connectivity index (χ0v) is 21.4. The van der Waals surface area contributed by atoms with Crippen molar-refractivity contribution in [1.82, 2.24) is 0 Å². The van der Waals surface area contributed by atoms with Crippen LogP contribution in [0.25, 0.3) is 0 Å². The summed E-state index contributed by atoms with van der Waals surface area (Å²) in [6.45, 7) is 21.0. The Bertz CT molecular complexity index is 1110. The molecular formula is C28H38O4. The summed E-state index contributed by atoms with van der Waals surface area (Å²) in [4.78, 5) is 0. The highest BCUT2D eigenvalue weighted by Crippen LogP contribution is 2.52. The molecule has 0 bridgehead atoms. The van der Waals surface area contributed by atoms with Gasteiger partial charge < -0.3 is 19.3 Å². The molecule has 0 aliphatic carbocycles. The molecule has 2 aromatic rings. The molecular weight excluding hydrogens is 400 g/mol. The quantitative estimate of drug-likeness (QED) is 0.539. The van der Waals surface area contributed by atoms with Gasteiger partial charge in [0.05, 0.1) is 0 Å². The van der Waals surface area contributed by atoms with Crippen molar-refractivity contribution < 1.29 is 19.3 Å². The van der Waals surface area contributed by atoms with Crippen LogP contribution in [0.5, 0.6) is 28.7 Å². The first kappa shape index (κ1) is 22.8. The molecule has 1 N–H and O–H groups in total. The largest absolute Gasteiger partial charge is 0.504 e. The van der Waals surface area contributed by atoms with Gasteiger partial charge >= 0.3 is 0 Å². The molecule has 0 spiro atoms. The van der Waals surface area contributed by atoms with E-state index in [1.807, 2.05) is 13.8 Å². The van der Waals surface area contributed by atoms with Crippen LogP contribution in [0.15, 0.2) is 0 Å². The molecule has 0 saturated carbocycles. The summed E-state index contributed by atoms with van der Waals surface area (Å²) < 4.78 is 19.5. The van der Waals surface area contributed by atoms with Crippen molar-refractivity contribution in [3.05, 3.63) is 38.9 Å². The second-order valence-electron chi connectivity index (χ2n) is 11.0. The van der Waals surface area contributed by atoms with Crippen molar-refractivity contribution in [3.63, 3.8) is 0 Å². The van der Waals surface area contributed by atoms with Gasteiger partial charge in [-0.05, 0) is 110 Å². The highest BCUT2D eigenvalue weighted by molar-refractivity contribution is 5.66. The predicted octanol–water partition coefficient (Wildman–Crippen LogP) is 7.18. The van der Waals surface area contributed by atoms with Gasteiger partial charge in [-0.3, -0.25) is 0 Å². The molecule has 2 aliphatic rings. The van der Waals surface area contributed by atoms with Crippen molar-refractivity contribution >= 4 is 0 Å². The highest BCUT2D eigenvalue weighted by atomic mass is 16.5. The number of phenolic OH excluding ortho intramolecular Hbond substituents is 1. The summed E-state index contributed by atoms with van der Waals surface area (Å²) in [7, 11) is 0. The van der Waals surface area contributed by atoms with E-state index in [2.05, 4.69) is 55.4 Å². The minimum Gasteiger partial charge on any atom is -0.504 e. The Kier molecular flexibility index (Phi) is 5.23. The van der Waals surface area contributed by atoms with Crippen LogP contribution in [0.2, 0.25) is 0 Å². The number of aromatic hydroxyl groups is 1. The lowest BCUT2D eigenvalue weighted by Gasteiger charge is -2.40. The van der Waals surface area contributed by atoms with E-state index in [-0.39, 0.29) is 17.0 Å². The Labute approximate surface area is 192 Å². The van der Waals surface area contributed by atoms with Crippen LogP contribution in [-0.4, -0.2) is 16.3 Å². The fraction of sp³-hybridized carbons (Fsp3) is 0.571. The van der Waals surface area contributed by atoms with Gasteiger partial charge in [0.15, 0.2) is 11.5 Å². The number of hydrogen-bond acceptors (Lipinski definition) is 4. The maximum Gasteiger partial charge on any atom is 0.176 e. The SMILES string of the molecule is Cc1c(C)c2c(c(Oc3c(C)c(C)c4c(c3C)CCC(C)(C)O4)c1O)CC(C)C(C)(C)O2. The maximum absolute atomic E-state index is 11.2. The van der Waals surface area contributed by atoms with Crippen LogP contribution in [0.1, 0.15) is 80.0 Å². The molecule has 0 fully saturated rings. The van der Waals surface area contributed by atoms with E-state index in [4.69, 9.17) is 14.2 Å². The summed E-state index contributed by atoms with van der Waals surface area (Å²) >= 11 is 0. The van der Waals surface area contributed by atoms with Gasteiger partial charge in [-0.1, -0.05) is 6.92 Å². The molecule has 2 heterocycles. The van der Waals surface area contributed by atoms with Crippen molar-refractivity contribution in [2.45, 2.75) is 99.7 Å². The van der Waals surface area contributed by atoms with E-state index in [0.717, 1.165) is 69.9 Å². The van der Waals surface area contributed by atoms with E-state index in [1.165, 1.54) is 5.56 Å². The molecule has 4 heteroatoms. The van der Waals surface area contributed by atoms with E-state index >= 15 is 0 Å². The van der Waals surface area contributed by atoms with Gasteiger partial charge in [0.25, 0.3) is 0 Å². The zero-order valence-electron chi connectivity index (χ0n) is 21.4. The number of benzene rings is 2. The molecule has 2 aliphatic heterocycles. The van der Waals surface area contributed by atoms with Crippen LogP contribution in [0.3, 0.4) is 0 Å². The third kappa shape index (κ3) is 3.43. The van der Waals surface area contributed by atoms with Crippen molar-refractivity contribution in [3.8, 4) is 28.7 Å². The molecule has 0 radical (unpaired) electrons. The molecule has 0 amide bonds. The molecule has 2 aromatic carbocycles. The lowest BCUT2D eigenvalue weighted by molar-refractivity contribution is 0.0336. The summed E-state index contributed by atoms with van der Waals surface area (Å²) in [5.74, 6) is 3.71. The monoisotopic (exact) mass is 438 g/mol. The van der Waals surface area contributed by atoms with Crippen molar-refractivity contribution in [2.24, 2.45) is 5.92 Å².